The van der Waals surface area contributed by atoms with Crippen molar-refractivity contribution in [2.45, 2.75) is 31.8 Å². The normalized spacial score (nSPS) is 26.5. The lowest BCUT2D eigenvalue weighted by atomic mass is 10.2. The second kappa shape index (κ2) is 5.00. The van der Waals surface area contributed by atoms with Gasteiger partial charge in [-0.1, -0.05) is 0 Å². The first-order valence-corrected chi connectivity index (χ1v) is 7.70. The smallest absolute Gasteiger partial charge is 0.382 e. The first-order valence-electron chi connectivity index (χ1n) is 6.17. The first-order chi connectivity index (χ1) is 9.85. The van der Waals surface area contributed by atoms with Crippen LogP contribution in [0.5, 0.6) is 0 Å². The minimum atomic E-state index is -4.56. The molecule has 0 radical (unpaired) electrons. The Hall–Kier alpha value is -1.58. The van der Waals surface area contributed by atoms with Crippen LogP contribution in [0, 0.1) is 0 Å². The fourth-order valence-corrected chi connectivity index (χ4v) is 2.96. The Morgan fingerprint density at radius 3 is 2.95 bits per heavy atom. The lowest BCUT2D eigenvalue weighted by Gasteiger charge is -2.14. The highest BCUT2D eigenvalue weighted by Gasteiger charge is 2.38. The van der Waals surface area contributed by atoms with Crippen molar-refractivity contribution in [3.8, 4) is 0 Å². The molecular weight excluding hydrogens is 301 g/mol. The van der Waals surface area contributed by atoms with Crippen molar-refractivity contribution in [1.82, 2.24) is 19.5 Å². The zero-order chi connectivity index (χ0) is 15.2. The fraction of sp³-hybridized carbons (Fsp3) is 0.500. The molecular formula is C10H14N5O5P. The zero-order valence-electron chi connectivity index (χ0n) is 11.0. The van der Waals surface area contributed by atoms with Crippen molar-refractivity contribution < 1.29 is 23.6 Å². The number of rotatable bonds is 3. The maximum atomic E-state index is 10.9. The third-order valence-corrected chi connectivity index (χ3v) is 3.84. The molecule has 2 aromatic heterocycles. The molecule has 2 aromatic rings. The van der Waals surface area contributed by atoms with Gasteiger partial charge in [0.05, 0.1) is 18.5 Å². The van der Waals surface area contributed by atoms with Gasteiger partial charge >= 0.3 is 7.82 Å². The summed E-state index contributed by atoms with van der Waals surface area (Å²) < 4.78 is 23.0. The Balaban J connectivity index is 1.88. The van der Waals surface area contributed by atoms with Gasteiger partial charge in [0, 0.05) is 6.42 Å². The van der Waals surface area contributed by atoms with Crippen molar-refractivity contribution >= 4 is 24.8 Å². The predicted octanol–water partition coefficient (Wildman–Crippen LogP) is 0.194. The molecule has 0 unspecified atom stereocenters. The number of hydrogen-bond acceptors (Lipinski definition) is 7. The number of ether oxygens (including phenoxy) is 1. The van der Waals surface area contributed by atoms with Gasteiger partial charge in [-0.25, -0.2) is 19.5 Å². The molecule has 0 aromatic carbocycles. The number of nitrogens with zero attached hydrogens (tertiary/aromatic N) is 4. The van der Waals surface area contributed by atoms with Crippen LogP contribution in [0.3, 0.4) is 0 Å². The van der Waals surface area contributed by atoms with Gasteiger partial charge < -0.3 is 20.3 Å². The monoisotopic (exact) mass is 315 g/mol. The molecule has 3 heterocycles. The van der Waals surface area contributed by atoms with Crippen LogP contribution in [0.25, 0.3) is 11.2 Å². The van der Waals surface area contributed by atoms with Crippen molar-refractivity contribution in [2.75, 3.05) is 5.73 Å². The molecule has 0 bridgehead atoms. The first kappa shape index (κ1) is 14.4. The number of aromatic nitrogens is 4. The SMILES string of the molecule is C[C@H]1O[C@@H](n2cnc3c(N)ncnc32)C[C@@H]1OP(=O)(O)O. The summed E-state index contributed by atoms with van der Waals surface area (Å²) >= 11 is 0. The van der Waals surface area contributed by atoms with Crippen molar-refractivity contribution in [1.29, 1.82) is 0 Å². The quantitative estimate of drug-likeness (QED) is 0.675. The second-order valence-corrected chi connectivity index (χ2v) is 5.94. The van der Waals surface area contributed by atoms with E-state index in [4.69, 9.17) is 24.8 Å². The topological polar surface area (TPSA) is 146 Å². The van der Waals surface area contributed by atoms with Crippen LogP contribution < -0.4 is 5.73 Å². The van der Waals surface area contributed by atoms with E-state index >= 15 is 0 Å². The van der Waals surface area contributed by atoms with Crippen molar-refractivity contribution in [3.05, 3.63) is 12.7 Å². The fourth-order valence-electron chi connectivity index (χ4n) is 2.35. The van der Waals surface area contributed by atoms with Crippen LogP contribution in [0.4, 0.5) is 5.82 Å². The van der Waals surface area contributed by atoms with Crippen LogP contribution in [0.15, 0.2) is 12.7 Å². The van der Waals surface area contributed by atoms with Gasteiger partial charge in [0.15, 0.2) is 11.5 Å². The van der Waals surface area contributed by atoms with E-state index in [0.717, 1.165) is 0 Å². The third-order valence-electron chi connectivity index (χ3n) is 3.30. The Bertz CT molecular complexity index is 715. The summed E-state index contributed by atoms with van der Waals surface area (Å²) in [7, 11) is -4.56. The summed E-state index contributed by atoms with van der Waals surface area (Å²) in [6.45, 7) is 1.68. The number of hydrogen-bond donors (Lipinski definition) is 3. The van der Waals surface area contributed by atoms with E-state index in [2.05, 4.69) is 15.0 Å². The maximum absolute atomic E-state index is 10.9. The molecule has 0 amide bonds. The number of nitrogen functional groups attached to an aromatic ring is 1. The van der Waals surface area contributed by atoms with Crippen LogP contribution in [-0.4, -0.2) is 41.5 Å². The summed E-state index contributed by atoms with van der Waals surface area (Å²) in [5, 5.41) is 0. The molecule has 0 aliphatic carbocycles. The standard InChI is InChI=1S/C10H14N5O5P/c1-5-6(20-21(16,17)18)2-7(19-5)15-4-14-8-9(11)12-3-13-10(8)15/h3-7H,2H2,1H3,(H2,11,12,13)(H2,16,17,18)/t5-,6+,7-/m1/s1. The zero-order valence-corrected chi connectivity index (χ0v) is 11.9. The number of phosphoric ester groups is 1. The van der Waals surface area contributed by atoms with E-state index in [9.17, 15) is 4.57 Å². The van der Waals surface area contributed by atoms with Gasteiger partial charge in [0.1, 0.15) is 18.1 Å². The van der Waals surface area contributed by atoms with Gasteiger partial charge in [-0.3, -0.25) is 9.09 Å². The van der Waals surface area contributed by atoms with E-state index in [-0.39, 0.29) is 12.2 Å². The number of fused-ring (bicyclic) bond motifs is 1. The molecule has 0 saturated carbocycles. The average Bonchev–Trinajstić information content (AvgIpc) is 2.93. The summed E-state index contributed by atoms with van der Waals surface area (Å²) in [4.78, 5) is 29.9. The molecule has 11 heteroatoms. The van der Waals surface area contributed by atoms with Gasteiger partial charge in [-0.05, 0) is 6.92 Å². The molecule has 10 nitrogen and oxygen atoms in total. The largest absolute Gasteiger partial charge is 0.469 e. The van der Waals surface area contributed by atoms with E-state index in [1.165, 1.54) is 12.7 Å². The number of anilines is 1. The van der Waals surface area contributed by atoms with E-state index in [1.54, 1.807) is 11.5 Å². The summed E-state index contributed by atoms with van der Waals surface area (Å²) in [6.07, 6.45) is 1.41. The lowest BCUT2D eigenvalue weighted by Crippen LogP contribution is -2.19. The minimum Gasteiger partial charge on any atom is -0.382 e. The number of imidazole rings is 1. The molecule has 3 atom stereocenters. The number of nitrogens with two attached hydrogens (primary N) is 1. The van der Waals surface area contributed by atoms with Gasteiger partial charge in [0.2, 0.25) is 0 Å². The molecule has 1 fully saturated rings. The van der Waals surface area contributed by atoms with E-state index in [1.807, 2.05) is 0 Å². The number of phosphoric acid groups is 1. The van der Waals surface area contributed by atoms with E-state index < -0.39 is 26.3 Å². The maximum Gasteiger partial charge on any atom is 0.469 e. The van der Waals surface area contributed by atoms with Crippen molar-refractivity contribution in [2.24, 2.45) is 0 Å². The Kier molecular flexibility index (Phi) is 3.42. The minimum absolute atomic E-state index is 0.257. The van der Waals surface area contributed by atoms with Gasteiger partial charge in [-0.15, -0.1) is 0 Å². The summed E-state index contributed by atoms with van der Waals surface area (Å²) in [6, 6.07) is 0. The predicted molar refractivity (Wildman–Crippen MR) is 70.9 cm³/mol. The van der Waals surface area contributed by atoms with Gasteiger partial charge in [0.25, 0.3) is 0 Å². The second-order valence-electron chi connectivity index (χ2n) is 4.75. The molecule has 1 aliphatic heterocycles. The Morgan fingerprint density at radius 2 is 2.24 bits per heavy atom. The highest BCUT2D eigenvalue weighted by molar-refractivity contribution is 7.46. The molecule has 21 heavy (non-hydrogen) atoms. The average molecular weight is 315 g/mol. The highest BCUT2D eigenvalue weighted by atomic mass is 31.2. The Labute approximate surface area is 119 Å². The molecule has 0 spiro atoms. The molecule has 3 rings (SSSR count). The van der Waals surface area contributed by atoms with Crippen LogP contribution in [0.2, 0.25) is 0 Å². The van der Waals surface area contributed by atoms with Crippen LogP contribution in [-0.2, 0) is 13.8 Å². The van der Waals surface area contributed by atoms with Gasteiger partial charge in [-0.2, -0.15) is 0 Å². The Morgan fingerprint density at radius 1 is 1.48 bits per heavy atom. The molecule has 4 N–H and O–H groups in total. The van der Waals surface area contributed by atoms with E-state index in [0.29, 0.717) is 11.2 Å². The highest BCUT2D eigenvalue weighted by Crippen LogP contribution is 2.43. The molecule has 1 aliphatic rings. The van der Waals surface area contributed by atoms with Crippen LogP contribution in [0.1, 0.15) is 19.6 Å². The third kappa shape index (κ3) is 2.76. The summed E-state index contributed by atoms with van der Waals surface area (Å²) in [5.41, 5.74) is 6.66. The molecule has 114 valence electrons. The van der Waals surface area contributed by atoms with Crippen LogP contribution >= 0.6 is 7.82 Å². The lowest BCUT2D eigenvalue weighted by molar-refractivity contribution is -0.00649. The van der Waals surface area contributed by atoms with Crippen molar-refractivity contribution in [3.63, 3.8) is 0 Å². The molecule has 1 saturated heterocycles. The summed E-state index contributed by atoms with van der Waals surface area (Å²) in [5.74, 6) is 0.257.